The zero-order chi connectivity index (χ0) is 33.9. The minimum absolute atomic E-state index is 0.119. The van der Waals surface area contributed by atoms with Crippen molar-refractivity contribution in [2.45, 2.75) is 12.6 Å². The molecule has 1 aliphatic rings. The fourth-order valence-corrected chi connectivity index (χ4v) is 4.13. The van der Waals surface area contributed by atoms with Crippen molar-refractivity contribution in [2.75, 3.05) is 13.2 Å². The molecule has 0 saturated carbocycles. The van der Waals surface area contributed by atoms with E-state index in [4.69, 9.17) is 18.9 Å². The molecule has 2 atom stereocenters. The summed E-state index contributed by atoms with van der Waals surface area (Å²) in [7, 11) is 0. The minimum atomic E-state index is -0.880. The monoisotopic (exact) mass is 654 g/mol. The summed E-state index contributed by atoms with van der Waals surface area (Å²) in [5, 5.41) is 29.4. The number of carbonyl (C=O) groups is 2. The predicted octanol–water partition coefficient (Wildman–Crippen LogP) is 4.19. The van der Waals surface area contributed by atoms with Crippen LogP contribution < -0.4 is 20.3 Å². The van der Waals surface area contributed by atoms with Crippen LogP contribution in [0.5, 0.6) is 11.5 Å². The third-order valence-electron chi connectivity index (χ3n) is 6.57. The van der Waals surface area contributed by atoms with Gasteiger partial charge >= 0.3 is 0 Å². The van der Waals surface area contributed by atoms with Gasteiger partial charge in [-0.25, -0.2) is 10.9 Å². The van der Waals surface area contributed by atoms with Crippen LogP contribution in [-0.2, 0) is 9.47 Å². The molecule has 16 nitrogen and oxygen atoms in total. The van der Waals surface area contributed by atoms with Gasteiger partial charge in [0.15, 0.2) is 0 Å². The molecule has 1 saturated heterocycles. The minimum Gasteiger partial charge on any atom is -0.458 e. The maximum absolute atomic E-state index is 12.2. The van der Waals surface area contributed by atoms with Gasteiger partial charge in [0.25, 0.3) is 35.8 Å². The number of non-ortho nitro benzene ring substituents is 2. The summed E-state index contributed by atoms with van der Waals surface area (Å²) in [6, 6.07) is 23.9. The summed E-state index contributed by atoms with van der Waals surface area (Å²) >= 11 is 0. The van der Waals surface area contributed by atoms with Crippen LogP contribution in [0.3, 0.4) is 0 Å². The first-order valence-corrected chi connectivity index (χ1v) is 14.2. The van der Waals surface area contributed by atoms with Crippen LogP contribution >= 0.6 is 0 Å². The Hall–Kier alpha value is -6.52. The number of hydrogen-bond donors (Lipinski definition) is 2. The summed E-state index contributed by atoms with van der Waals surface area (Å²) in [5.41, 5.74) is 6.27. The number of rotatable bonds is 12. The lowest BCUT2D eigenvalue weighted by Gasteiger charge is -2.31. The summed E-state index contributed by atoms with van der Waals surface area (Å²) < 4.78 is 23.3. The van der Waals surface area contributed by atoms with Crippen molar-refractivity contribution < 1.29 is 38.4 Å². The van der Waals surface area contributed by atoms with Gasteiger partial charge in [0.2, 0.25) is 0 Å². The third kappa shape index (κ3) is 9.03. The summed E-state index contributed by atoms with van der Waals surface area (Å²) in [4.78, 5) is 44.9. The van der Waals surface area contributed by atoms with Crippen molar-refractivity contribution in [3.63, 3.8) is 0 Å². The molecule has 1 aliphatic heterocycles. The lowest BCUT2D eigenvalue weighted by Crippen LogP contribution is -2.45. The van der Waals surface area contributed by atoms with E-state index < -0.39 is 34.2 Å². The van der Waals surface area contributed by atoms with Gasteiger partial charge in [-0.05, 0) is 83.9 Å². The van der Waals surface area contributed by atoms with Crippen LogP contribution in [0.2, 0.25) is 0 Å². The Morgan fingerprint density at radius 2 is 0.979 bits per heavy atom. The van der Waals surface area contributed by atoms with E-state index in [1.807, 2.05) is 0 Å². The van der Waals surface area contributed by atoms with Crippen molar-refractivity contribution in [2.24, 2.45) is 10.2 Å². The Bertz CT molecular complexity index is 1680. The molecule has 1 fully saturated rings. The average Bonchev–Trinajstić information content (AvgIpc) is 3.10. The second kappa shape index (κ2) is 15.7. The van der Waals surface area contributed by atoms with E-state index in [9.17, 15) is 29.8 Å². The lowest BCUT2D eigenvalue weighted by atomic mass is 10.2. The van der Waals surface area contributed by atoms with Crippen molar-refractivity contribution in [3.8, 4) is 11.5 Å². The van der Waals surface area contributed by atoms with Gasteiger partial charge in [-0.15, -0.1) is 0 Å². The molecule has 0 aromatic heterocycles. The largest absolute Gasteiger partial charge is 0.458 e. The smallest absolute Gasteiger partial charge is 0.271 e. The molecule has 0 bridgehead atoms. The molecule has 0 spiro atoms. The molecule has 2 unspecified atom stereocenters. The zero-order valence-electron chi connectivity index (χ0n) is 24.8. The van der Waals surface area contributed by atoms with E-state index >= 15 is 0 Å². The highest BCUT2D eigenvalue weighted by Crippen LogP contribution is 2.22. The molecule has 1 heterocycles. The van der Waals surface area contributed by atoms with E-state index in [1.54, 1.807) is 48.5 Å². The SMILES string of the molecule is O=C(NN=Cc1ccc(OC2OCCOC2Oc2ccc(C=NNC(=O)c3ccc([N+](=O)[O-])cc3)cc2)cc1)c1ccc([N+](=O)[O-])cc1. The lowest BCUT2D eigenvalue weighted by molar-refractivity contribution is -0.385. The van der Waals surface area contributed by atoms with Crippen LogP contribution in [0.15, 0.2) is 107 Å². The quantitative estimate of drug-likeness (QED) is 0.127. The summed E-state index contributed by atoms with van der Waals surface area (Å²) in [5.74, 6) is -0.105. The van der Waals surface area contributed by atoms with Crippen LogP contribution in [-0.4, -0.2) is 59.9 Å². The number of benzene rings is 4. The Morgan fingerprint density at radius 3 is 1.31 bits per heavy atom. The molecule has 2 N–H and O–H groups in total. The Balaban J connectivity index is 1.10. The van der Waals surface area contributed by atoms with Crippen LogP contribution in [0.4, 0.5) is 11.4 Å². The van der Waals surface area contributed by atoms with E-state index in [-0.39, 0.29) is 22.5 Å². The van der Waals surface area contributed by atoms with Gasteiger partial charge in [-0.2, -0.15) is 10.2 Å². The molecular weight excluding hydrogens is 628 g/mol. The van der Waals surface area contributed by atoms with Gasteiger partial charge in [-0.1, -0.05) is 0 Å². The number of carbonyl (C=O) groups excluding carboxylic acids is 2. The molecule has 0 aliphatic carbocycles. The van der Waals surface area contributed by atoms with E-state index in [2.05, 4.69) is 21.1 Å². The second-order valence-corrected chi connectivity index (χ2v) is 9.86. The van der Waals surface area contributed by atoms with Gasteiger partial charge in [0, 0.05) is 35.4 Å². The highest BCUT2D eigenvalue weighted by Gasteiger charge is 2.31. The van der Waals surface area contributed by atoms with Gasteiger partial charge in [0.1, 0.15) is 11.5 Å². The van der Waals surface area contributed by atoms with Gasteiger partial charge in [-0.3, -0.25) is 29.8 Å². The van der Waals surface area contributed by atoms with Crippen LogP contribution in [0, 0.1) is 20.2 Å². The highest BCUT2D eigenvalue weighted by molar-refractivity contribution is 5.95. The third-order valence-corrected chi connectivity index (χ3v) is 6.57. The van der Waals surface area contributed by atoms with E-state index in [1.165, 1.54) is 61.0 Å². The number of amides is 2. The zero-order valence-corrected chi connectivity index (χ0v) is 24.8. The Labute approximate surface area is 271 Å². The summed E-state index contributed by atoms with van der Waals surface area (Å²) in [6.07, 6.45) is 1.10. The number of ether oxygens (including phenoxy) is 4. The molecule has 0 radical (unpaired) electrons. The maximum atomic E-state index is 12.2. The van der Waals surface area contributed by atoms with Crippen molar-refractivity contribution in [1.29, 1.82) is 0 Å². The molecule has 2 amide bonds. The molecule has 5 rings (SSSR count). The number of nitro benzene ring substituents is 2. The van der Waals surface area contributed by atoms with Crippen LogP contribution in [0.25, 0.3) is 0 Å². The van der Waals surface area contributed by atoms with Crippen LogP contribution in [0.1, 0.15) is 31.8 Å². The van der Waals surface area contributed by atoms with Crippen molar-refractivity contribution in [3.05, 3.63) is 140 Å². The molecular formula is C32H26N6O10. The molecule has 4 aromatic carbocycles. The van der Waals surface area contributed by atoms with Crippen molar-refractivity contribution in [1.82, 2.24) is 10.9 Å². The first-order valence-electron chi connectivity index (χ1n) is 14.2. The van der Waals surface area contributed by atoms with Crippen molar-refractivity contribution >= 4 is 35.6 Å². The van der Waals surface area contributed by atoms with E-state index in [0.717, 1.165) is 0 Å². The first-order chi connectivity index (χ1) is 23.2. The number of nitro groups is 2. The second-order valence-electron chi connectivity index (χ2n) is 9.86. The number of nitrogens with one attached hydrogen (secondary N) is 2. The number of nitrogens with zero attached hydrogens (tertiary/aromatic N) is 4. The predicted molar refractivity (Wildman–Crippen MR) is 170 cm³/mol. The highest BCUT2D eigenvalue weighted by atomic mass is 16.8. The molecule has 244 valence electrons. The Kier molecular flexibility index (Phi) is 10.7. The van der Waals surface area contributed by atoms with Gasteiger partial charge in [0.05, 0.1) is 35.5 Å². The topological polar surface area (TPSA) is 206 Å². The number of hydrazone groups is 2. The standard InChI is InChI=1S/C32H26N6O10/c39-29(23-5-9-25(10-6-23)37(41)42)35-33-19-21-1-13-27(14-2-21)47-31-32(46-18-17-45-31)48-28-15-3-22(4-16-28)20-34-36-30(40)24-7-11-26(12-8-24)38(43)44/h1-16,19-20,31-32H,17-18H2,(H,35,39)(H,36,40). The average molecular weight is 655 g/mol. The maximum Gasteiger partial charge on any atom is 0.271 e. The van der Waals surface area contributed by atoms with E-state index in [0.29, 0.717) is 35.8 Å². The first kappa shape index (κ1) is 32.9. The fraction of sp³-hybridized carbons (Fsp3) is 0.125. The fourth-order valence-electron chi connectivity index (χ4n) is 4.13. The number of hydrogen-bond acceptors (Lipinski definition) is 12. The Morgan fingerprint density at radius 1 is 0.625 bits per heavy atom. The van der Waals surface area contributed by atoms with Gasteiger partial charge < -0.3 is 18.9 Å². The molecule has 48 heavy (non-hydrogen) atoms. The normalized spacial score (nSPS) is 15.9. The molecule has 16 heteroatoms. The molecule has 4 aromatic rings. The summed E-state index contributed by atoms with van der Waals surface area (Å²) in [6.45, 7) is 0.593.